The van der Waals surface area contributed by atoms with Gasteiger partial charge in [-0.25, -0.2) is 0 Å². The van der Waals surface area contributed by atoms with Gasteiger partial charge in [0, 0.05) is 0 Å². The molecule has 5 unspecified atom stereocenters. The average Bonchev–Trinajstić information content (AvgIpc) is 3.86. The fourth-order valence-electron chi connectivity index (χ4n) is 13.8. The number of hydrogen-bond acceptors (Lipinski definition) is 0. The Morgan fingerprint density at radius 3 is 0.885 bits per heavy atom. The van der Waals surface area contributed by atoms with E-state index >= 15 is 0 Å². The third-order valence-electron chi connectivity index (χ3n) is 16.8. The van der Waals surface area contributed by atoms with Crippen molar-refractivity contribution in [1.29, 1.82) is 0 Å². The Kier molecular flexibility index (Phi) is 20.5. The normalized spacial score (nSPS) is 18.0. The van der Waals surface area contributed by atoms with Gasteiger partial charge in [0.15, 0.2) is 0 Å². The molecule has 2 saturated carbocycles. The van der Waals surface area contributed by atoms with Crippen molar-refractivity contribution in [3.8, 4) is 0 Å². The summed E-state index contributed by atoms with van der Waals surface area (Å²) in [7, 11) is -3.22. The van der Waals surface area contributed by atoms with Gasteiger partial charge in [0.05, 0.1) is 0 Å². The topological polar surface area (TPSA) is 0 Å². The van der Waals surface area contributed by atoms with Crippen molar-refractivity contribution in [3.63, 3.8) is 0 Å². The first-order valence-corrected chi connectivity index (χ1v) is 29.5. The van der Waals surface area contributed by atoms with Crippen LogP contribution in [0, 0.1) is 30.1 Å². The summed E-state index contributed by atoms with van der Waals surface area (Å²) in [5, 5.41) is 4.69. The molecule has 2 fully saturated rings. The zero-order valence-corrected chi connectivity index (χ0v) is 49.1. The fourth-order valence-corrected chi connectivity index (χ4v) is 20.3. The Morgan fingerprint density at radius 2 is 0.603 bits per heavy atom. The van der Waals surface area contributed by atoms with Crippen molar-refractivity contribution < 1.29 is 58.9 Å². The summed E-state index contributed by atoms with van der Waals surface area (Å²) < 4.78 is 0. The second kappa shape index (κ2) is 27.4. The van der Waals surface area contributed by atoms with Crippen LogP contribution in [-0.2, 0) is 60.2 Å². The first-order valence-electron chi connectivity index (χ1n) is 27.4. The van der Waals surface area contributed by atoms with Gasteiger partial charge in [-0.15, -0.1) is 0 Å². The first kappa shape index (κ1) is 58.4. The molecule has 9 aromatic carbocycles. The van der Waals surface area contributed by atoms with E-state index in [4.69, 9.17) is 0 Å². The van der Waals surface area contributed by atoms with Crippen LogP contribution in [0.5, 0.6) is 0 Å². The second-order valence-corrected chi connectivity index (χ2v) is 25.8. The van der Waals surface area contributed by atoms with Crippen LogP contribution in [-0.4, -0.2) is 8.07 Å². The van der Waals surface area contributed by atoms with E-state index in [0.29, 0.717) is 29.2 Å². The first-order chi connectivity index (χ1) is 36.6. The molecule has 0 spiro atoms. The molecular formula is C73H67Cl3SiTi. The maximum absolute atomic E-state index is 3.22. The number of benzene rings is 9. The minimum Gasteiger partial charge on any atom is -1.00 e. The molecule has 9 aromatic rings. The smallest absolute Gasteiger partial charge is 1.00 e. The molecule has 0 radical (unpaired) electrons. The van der Waals surface area contributed by atoms with E-state index in [1.54, 1.807) is 15.6 Å². The predicted molar refractivity (Wildman–Crippen MR) is 314 cm³/mol. The van der Waals surface area contributed by atoms with E-state index in [0.717, 1.165) is 38.5 Å². The van der Waals surface area contributed by atoms with E-state index in [1.807, 2.05) is 0 Å². The Balaban J connectivity index is 0.00000201. The maximum atomic E-state index is 2.84. The van der Waals surface area contributed by atoms with E-state index in [-0.39, 0.29) is 58.9 Å². The predicted octanol–water partition coefficient (Wildman–Crippen LogP) is 6.07. The van der Waals surface area contributed by atoms with Gasteiger partial charge in [-0.05, 0) is 133 Å². The molecule has 0 heterocycles. The van der Waals surface area contributed by atoms with E-state index in [2.05, 4.69) is 267 Å². The molecule has 3 aliphatic rings. The number of halogens is 3. The molecular weight excluding hydrogens is 1060 g/mol. The van der Waals surface area contributed by atoms with Crippen LogP contribution in [0.3, 0.4) is 0 Å². The van der Waals surface area contributed by atoms with Crippen molar-refractivity contribution in [1.82, 2.24) is 0 Å². The zero-order valence-electron chi connectivity index (χ0n) is 44.3. The molecule has 5 heteroatoms. The Labute approximate surface area is 499 Å². The molecule has 0 nitrogen and oxygen atoms in total. The van der Waals surface area contributed by atoms with Gasteiger partial charge in [0.2, 0.25) is 0 Å². The Bertz CT molecular complexity index is 2870. The summed E-state index contributed by atoms with van der Waals surface area (Å²) in [4.78, 5) is 0. The molecule has 0 bridgehead atoms. The van der Waals surface area contributed by atoms with E-state index in [9.17, 15) is 0 Å². The zero-order chi connectivity index (χ0) is 49.5. The Morgan fingerprint density at radius 1 is 0.333 bits per heavy atom. The minimum atomic E-state index is -3.22. The molecule has 3 aliphatic carbocycles. The molecule has 0 N–H and O–H groups in total. The van der Waals surface area contributed by atoms with Gasteiger partial charge in [0.25, 0.3) is 0 Å². The van der Waals surface area contributed by atoms with Crippen molar-refractivity contribution in [2.24, 2.45) is 23.7 Å². The second-order valence-electron chi connectivity index (χ2n) is 21.8. The van der Waals surface area contributed by atoms with Gasteiger partial charge in [-0.3, -0.25) is 0 Å². The van der Waals surface area contributed by atoms with Gasteiger partial charge in [0.1, 0.15) is 8.07 Å². The number of rotatable bonds is 16. The molecule has 0 saturated heterocycles. The summed E-state index contributed by atoms with van der Waals surface area (Å²) in [5.41, 5.74) is 17.0. The van der Waals surface area contributed by atoms with Crippen LogP contribution in [0.2, 0.25) is 5.54 Å². The number of allylic oxidation sites excluding steroid dienone is 4. The van der Waals surface area contributed by atoms with Crippen LogP contribution in [0.25, 0.3) is 0 Å². The fraction of sp³-hybridized carbons (Fsp3) is 0.192. The third-order valence-corrected chi connectivity index (χ3v) is 22.1. The van der Waals surface area contributed by atoms with Crippen LogP contribution in [0.15, 0.2) is 261 Å². The quantitative estimate of drug-likeness (QED) is 0.0627. The van der Waals surface area contributed by atoms with E-state index in [1.165, 1.54) is 86.0 Å². The summed E-state index contributed by atoms with van der Waals surface area (Å²) in [6.45, 7) is 0. The van der Waals surface area contributed by atoms with Crippen molar-refractivity contribution >= 4 is 23.6 Å². The van der Waals surface area contributed by atoms with Gasteiger partial charge in [-0.2, -0.15) is 12.3 Å². The molecule has 0 aliphatic heterocycles. The summed E-state index contributed by atoms with van der Waals surface area (Å²) >= 11 is 0. The van der Waals surface area contributed by atoms with Crippen LogP contribution < -0.4 is 52.8 Å². The molecule has 78 heavy (non-hydrogen) atoms. The molecule has 5 atom stereocenters. The Hall–Kier alpha value is -5.74. The average molecular weight is 1130 g/mol. The van der Waals surface area contributed by atoms with Gasteiger partial charge in [-0.1, -0.05) is 285 Å². The molecule has 388 valence electrons. The monoisotopic (exact) mass is 1120 g/mol. The van der Waals surface area contributed by atoms with Gasteiger partial charge < -0.3 is 43.6 Å². The number of hydrogen-bond donors (Lipinski definition) is 0. The largest absolute Gasteiger partial charge is 4.00 e. The van der Waals surface area contributed by atoms with Crippen molar-refractivity contribution in [2.75, 3.05) is 0 Å². The van der Waals surface area contributed by atoms with E-state index < -0.39 is 8.07 Å². The van der Waals surface area contributed by atoms with Crippen LogP contribution in [0.4, 0.5) is 0 Å². The molecule has 0 amide bonds. The van der Waals surface area contributed by atoms with Crippen molar-refractivity contribution in [3.05, 3.63) is 334 Å². The van der Waals surface area contributed by atoms with Crippen LogP contribution in [0.1, 0.15) is 86.0 Å². The summed E-state index contributed by atoms with van der Waals surface area (Å²) in [6.07, 6.45) is 22.0. The number of fused-ring (bicyclic) bond motifs is 3. The third kappa shape index (κ3) is 13.1. The van der Waals surface area contributed by atoms with Crippen LogP contribution >= 0.6 is 0 Å². The van der Waals surface area contributed by atoms with Gasteiger partial charge >= 0.3 is 21.7 Å². The SMILES string of the molecule is C1=CC2C(C=C1)C([Si](c1cc(Cc3ccccc3)cc(Cc3ccccc3)c1)(c1cc(Cc3ccccc3)cc(Cc3ccccc3)c1)c1cc(Cc3ccccc3)cc(Cc3ccccc3)c1)C1[CH-]CCCC21.[Cl-].[Cl-].[Cl-].[Ti+4]. The maximum Gasteiger partial charge on any atom is 4.00 e. The van der Waals surface area contributed by atoms with Crippen molar-refractivity contribution in [2.45, 2.75) is 63.3 Å². The summed E-state index contributed by atoms with van der Waals surface area (Å²) in [5.74, 6) is 1.98. The summed E-state index contributed by atoms with van der Waals surface area (Å²) in [6, 6.07) is 91.4. The standard InChI is InChI=1S/C73H67Si.3ClH.Ti/c1-7-23-54(24-8-1)39-60-45-61(40-55-25-9-2-10-26-55)49-66(48-60)74(73-71-37-21-19-35-69(71)70-36-20-22-38-72(70)73,67-50-62(41-56-27-11-3-12-28-56)46-63(51-67)42-57-29-13-4-14-30-57)68-52-64(43-58-31-15-5-16-32-58)47-65(53-68)44-59-33-17-6-18-34-59;;;;/h1-19,21,23-35,37-38,45-53,69-73H,20,22,36,39-44H2;3*1H;/q-1;;;;+4/p-3. The molecule has 0 aromatic heterocycles. The minimum absolute atomic E-state index is 0. The molecule has 12 rings (SSSR count).